The van der Waals surface area contributed by atoms with Gasteiger partial charge in [-0.2, -0.15) is 0 Å². The summed E-state index contributed by atoms with van der Waals surface area (Å²) in [4.78, 5) is 0. The second-order valence-electron chi connectivity index (χ2n) is 3.78. The highest BCUT2D eigenvalue weighted by Crippen LogP contribution is 2.16. The molecular weight excluding hydrogens is 280 g/mol. The van der Waals surface area contributed by atoms with E-state index in [9.17, 15) is 0 Å². The summed E-state index contributed by atoms with van der Waals surface area (Å²) in [6.45, 7) is 4.52. The first-order valence-electron chi connectivity index (χ1n) is 5.62. The molecule has 5 heteroatoms. The predicted molar refractivity (Wildman–Crippen MR) is 70.6 cm³/mol. The van der Waals surface area contributed by atoms with Gasteiger partial charge in [0.25, 0.3) is 0 Å². The van der Waals surface area contributed by atoms with Crippen molar-refractivity contribution in [1.82, 2.24) is 20.3 Å². The molecular formula is C12H15BrN4. The molecule has 0 unspecified atom stereocenters. The predicted octanol–water partition coefficient (Wildman–Crippen LogP) is 2.20. The molecule has 0 aliphatic carbocycles. The van der Waals surface area contributed by atoms with E-state index in [0.29, 0.717) is 0 Å². The second-order valence-corrected chi connectivity index (χ2v) is 4.63. The lowest BCUT2D eigenvalue weighted by atomic mass is 10.2. The Labute approximate surface area is 109 Å². The van der Waals surface area contributed by atoms with Gasteiger partial charge in [0.05, 0.1) is 18.4 Å². The third-order valence-electron chi connectivity index (χ3n) is 2.43. The number of halogens is 1. The summed E-state index contributed by atoms with van der Waals surface area (Å²) in [6, 6.07) is 8.14. The van der Waals surface area contributed by atoms with Gasteiger partial charge >= 0.3 is 0 Å². The molecule has 1 aromatic carbocycles. The van der Waals surface area contributed by atoms with Crippen LogP contribution in [0.2, 0.25) is 0 Å². The highest BCUT2D eigenvalue weighted by Gasteiger charge is 2.03. The van der Waals surface area contributed by atoms with Gasteiger partial charge in [0.1, 0.15) is 0 Å². The maximum atomic E-state index is 4.11. The molecule has 0 spiro atoms. The molecule has 0 fully saturated rings. The Morgan fingerprint density at radius 1 is 1.35 bits per heavy atom. The Hall–Kier alpha value is -1.20. The molecule has 1 N–H and O–H groups in total. The average molecular weight is 295 g/mol. The summed E-state index contributed by atoms with van der Waals surface area (Å²) in [5, 5.41) is 11.5. The number of nitrogens with one attached hydrogen (secondary N) is 1. The fourth-order valence-electron chi connectivity index (χ4n) is 1.55. The molecule has 1 heterocycles. The van der Waals surface area contributed by atoms with Gasteiger partial charge in [0.2, 0.25) is 0 Å². The Bertz CT molecular complexity index is 481. The Morgan fingerprint density at radius 2 is 2.18 bits per heavy atom. The summed E-state index contributed by atoms with van der Waals surface area (Å²) in [5.41, 5.74) is 2.17. The maximum absolute atomic E-state index is 4.11. The van der Waals surface area contributed by atoms with Crippen molar-refractivity contribution in [3.63, 3.8) is 0 Å². The van der Waals surface area contributed by atoms with E-state index in [1.54, 1.807) is 0 Å². The molecule has 0 radical (unpaired) electrons. The minimum atomic E-state index is 0.737. The first-order valence-corrected chi connectivity index (χ1v) is 6.42. The van der Waals surface area contributed by atoms with Crippen LogP contribution >= 0.6 is 15.9 Å². The van der Waals surface area contributed by atoms with Crippen LogP contribution in [0.3, 0.4) is 0 Å². The highest BCUT2D eigenvalue weighted by atomic mass is 79.9. The van der Waals surface area contributed by atoms with Crippen LogP contribution in [-0.2, 0) is 13.1 Å². The molecule has 0 saturated heterocycles. The van der Waals surface area contributed by atoms with Crippen LogP contribution in [0.4, 0.5) is 0 Å². The summed E-state index contributed by atoms with van der Waals surface area (Å²) >= 11 is 3.53. The van der Waals surface area contributed by atoms with E-state index in [1.165, 1.54) is 5.56 Å². The number of aromatic nitrogens is 3. The summed E-state index contributed by atoms with van der Waals surface area (Å²) in [7, 11) is 0. The highest BCUT2D eigenvalue weighted by molar-refractivity contribution is 9.10. The van der Waals surface area contributed by atoms with Crippen molar-refractivity contribution in [2.45, 2.75) is 20.0 Å². The molecule has 0 amide bonds. The Balaban J connectivity index is 2.04. The quantitative estimate of drug-likeness (QED) is 0.919. The number of rotatable bonds is 5. The number of nitrogens with zero attached hydrogens (tertiary/aromatic N) is 3. The minimum Gasteiger partial charge on any atom is -0.311 e. The van der Waals surface area contributed by atoms with Gasteiger partial charge in [-0.3, -0.25) is 0 Å². The maximum Gasteiger partial charge on any atom is 0.0964 e. The molecule has 0 aliphatic rings. The zero-order valence-electron chi connectivity index (χ0n) is 9.73. The van der Waals surface area contributed by atoms with Gasteiger partial charge in [-0.15, -0.1) is 5.10 Å². The van der Waals surface area contributed by atoms with Crippen molar-refractivity contribution >= 4 is 15.9 Å². The summed E-state index contributed by atoms with van der Waals surface area (Å²) in [6.07, 6.45) is 1.97. The van der Waals surface area contributed by atoms with Gasteiger partial charge in [0, 0.05) is 11.0 Å². The lowest BCUT2D eigenvalue weighted by Gasteiger charge is -2.03. The minimum absolute atomic E-state index is 0.737. The third-order valence-corrected chi connectivity index (χ3v) is 3.21. The van der Waals surface area contributed by atoms with Crippen molar-refractivity contribution in [3.05, 3.63) is 46.2 Å². The van der Waals surface area contributed by atoms with Crippen molar-refractivity contribution in [2.75, 3.05) is 6.54 Å². The van der Waals surface area contributed by atoms with Crippen molar-refractivity contribution in [2.24, 2.45) is 0 Å². The standard InChI is InChI=1S/C12H15BrN4/c1-2-14-7-11-9-17(16-15-11)8-10-5-3-4-6-12(10)13/h3-6,9,14H,2,7-8H2,1H3. The van der Waals surface area contributed by atoms with E-state index in [1.807, 2.05) is 29.1 Å². The lowest BCUT2D eigenvalue weighted by molar-refractivity contribution is 0.646. The van der Waals surface area contributed by atoms with E-state index in [0.717, 1.165) is 29.8 Å². The molecule has 90 valence electrons. The fraction of sp³-hybridized carbons (Fsp3) is 0.333. The van der Waals surface area contributed by atoms with Crippen molar-refractivity contribution < 1.29 is 0 Å². The van der Waals surface area contributed by atoms with E-state index >= 15 is 0 Å². The molecule has 2 aromatic rings. The number of hydrogen-bond acceptors (Lipinski definition) is 3. The monoisotopic (exact) mass is 294 g/mol. The van der Waals surface area contributed by atoms with Crippen LogP contribution in [-0.4, -0.2) is 21.5 Å². The van der Waals surface area contributed by atoms with Gasteiger partial charge in [-0.05, 0) is 18.2 Å². The van der Waals surface area contributed by atoms with E-state index < -0.39 is 0 Å². The molecule has 0 atom stereocenters. The first-order chi connectivity index (χ1) is 8.29. The molecule has 1 aromatic heterocycles. The summed E-state index contributed by atoms with van der Waals surface area (Å²) in [5.74, 6) is 0. The molecule has 0 bridgehead atoms. The van der Waals surface area contributed by atoms with Crippen LogP contribution in [0.15, 0.2) is 34.9 Å². The van der Waals surface area contributed by atoms with Gasteiger partial charge in [-0.25, -0.2) is 4.68 Å². The van der Waals surface area contributed by atoms with Gasteiger partial charge < -0.3 is 5.32 Å². The Kier molecular flexibility index (Phi) is 4.28. The van der Waals surface area contributed by atoms with Gasteiger partial charge in [-0.1, -0.05) is 46.3 Å². The van der Waals surface area contributed by atoms with Crippen molar-refractivity contribution in [3.8, 4) is 0 Å². The molecule has 4 nitrogen and oxygen atoms in total. The van der Waals surface area contributed by atoms with E-state index in [-0.39, 0.29) is 0 Å². The fourth-order valence-corrected chi connectivity index (χ4v) is 1.96. The largest absolute Gasteiger partial charge is 0.311 e. The topological polar surface area (TPSA) is 42.7 Å². The average Bonchev–Trinajstić information content (AvgIpc) is 2.77. The second kappa shape index (κ2) is 5.93. The molecule has 0 saturated carbocycles. The molecule has 2 rings (SSSR count). The van der Waals surface area contributed by atoms with Crippen LogP contribution in [0.25, 0.3) is 0 Å². The Morgan fingerprint density at radius 3 is 2.94 bits per heavy atom. The molecule has 17 heavy (non-hydrogen) atoms. The van der Waals surface area contributed by atoms with Crippen LogP contribution in [0, 0.1) is 0 Å². The van der Waals surface area contributed by atoms with E-state index in [4.69, 9.17) is 0 Å². The normalized spacial score (nSPS) is 10.7. The summed E-state index contributed by atoms with van der Waals surface area (Å²) < 4.78 is 2.95. The lowest BCUT2D eigenvalue weighted by Crippen LogP contribution is -2.11. The number of hydrogen-bond donors (Lipinski definition) is 1. The first kappa shape index (κ1) is 12.3. The third kappa shape index (κ3) is 3.38. The molecule has 0 aliphatic heterocycles. The number of benzene rings is 1. The van der Waals surface area contributed by atoms with Crippen LogP contribution in [0.1, 0.15) is 18.2 Å². The van der Waals surface area contributed by atoms with Crippen LogP contribution in [0.5, 0.6) is 0 Å². The van der Waals surface area contributed by atoms with Crippen molar-refractivity contribution in [1.29, 1.82) is 0 Å². The SMILES string of the molecule is CCNCc1cn(Cc2ccccc2Br)nn1. The zero-order chi connectivity index (χ0) is 12.1. The zero-order valence-corrected chi connectivity index (χ0v) is 11.3. The van der Waals surface area contributed by atoms with Gasteiger partial charge in [0.15, 0.2) is 0 Å². The van der Waals surface area contributed by atoms with Crippen LogP contribution < -0.4 is 5.32 Å². The van der Waals surface area contributed by atoms with E-state index in [2.05, 4.69) is 44.5 Å². The smallest absolute Gasteiger partial charge is 0.0964 e.